The molecule has 2 N–H and O–H groups in total. The molecule has 0 spiro atoms. The number of nitrogens with zero attached hydrogens (tertiary/aromatic N) is 3. The van der Waals surface area contributed by atoms with Crippen molar-refractivity contribution in [2.24, 2.45) is 0 Å². The van der Waals surface area contributed by atoms with Crippen LogP contribution in [0.15, 0.2) is 72.9 Å². The number of hydrogen-bond donors (Lipinski definition) is 2. The topological polar surface area (TPSA) is 60.5 Å². The third-order valence-electron chi connectivity index (χ3n) is 7.15. The summed E-state index contributed by atoms with van der Waals surface area (Å²) in [6, 6.07) is 20.3. The molecule has 2 atom stereocenters. The van der Waals surface area contributed by atoms with Crippen LogP contribution in [0.1, 0.15) is 56.6 Å². The predicted molar refractivity (Wildman–Crippen MR) is 151 cm³/mol. The smallest absolute Gasteiger partial charge is 0.221 e. The molecule has 3 heterocycles. The van der Waals surface area contributed by atoms with Crippen molar-refractivity contribution in [3.8, 4) is 0 Å². The van der Waals surface area contributed by atoms with Gasteiger partial charge in [-0.15, -0.1) is 0 Å². The Kier molecular flexibility index (Phi) is 6.04. The third-order valence-corrected chi connectivity index (χ3v) is 7.46. The average Bonchev–Trinajstić information content (AvgIpc) is 3.20. The number of nitrogens with one attached hydrogen (secondary N) is 2. The normalized spacial score (nSPS) is 20.5. The van der Waals surface area contributed by atoms with Gasteiger partial charge in [-0.05, 0) is 92.7 Å². The van der Waals surface area contributed by atoms with Gasteiger partial charge in [0.15, 0.2) is 5.11 Å². The highest BCUT2D eigenvalue weighted by Crippen LogP contribution is 2.45. The van der Waals surface area contributed by atoms with Crippen molar-refractivity contribution in [2.75, 3.05) is 22.2 Å². The maximum Gasteiger partial charge on any atom is 0.221 e. The van der Waals surface area contributed by atoms with Gasteiger partial charge in [0.1, 0.15) is 0 Å². The number of benzene rings is 2. The summed E-state index contributed by atoms with van der Waals surface area (Å²) in [6.45, 7) is 8.15. The fourth-order valence-electron chi connectivity index (χ4n) is 5.24. The van der Waals surface area contributed by atoms with E-state index in [4.69, 9.17) is 12.2 Å². The third kappa shape index (κ3) is 4.24. The van der Waals surface area contributed by atoms with E-state index in [1.165, 1.54) is 23.7 Å². The van der Waals surface area contributed by atoms with E-state index in [0.29, 0.717) is 5.11 Å². The van der Waals surface area contributed by atoms with Gasteiger partial charge in [0.05, 0.1) is 23.3 Å². The molecule has 1 amide bonds. The number of thiocarbonyl (C=S) groups is 1. The monoisotopic (exact) mass is 497 g/mol. The van der Waals surface area contributed by atoms with Gasteiger partial charge in [0.25, 0.3) is 0 Å². The zero-order valence-corrected chi connectivity index (χ0v) is 22.1. The molecular weight excluding hydrogens is 466 g/mol. The fourth-order valence-corrected chi connectivity index (χ4v) is 5.59. The Morgan fingerprint density at radius 1 is 1.11 bits per heavy atom. The van der Waals surface area contributed by atoms with Crippen molar-refractivity contribution in [3.63, 3.8) is 0 Å². The van der Waals surface area contributed by atoms with Crippen LogP contribution in [0, 0.1) is 0 Å². The number of allylic oxidation sites excluding steroid dienone is 1. The molecule has 184 valence electrons. The standard InChI is InChI=1S/C29H31N5OS/c1-18-17-29(3,4)33(5)25-14-9-20(16-23(18)25)27-26(24-8-6-7-15-30-24)32-28(36)34(27)22-12-10-21(11-13-22)31-19(2)35/h6-17,26-27H,1-5H3,(H,31,35)(H,32,36). The van der Waals surface area contributed by atoms with Gasteiger partial charge in [-0.25, -0.2) is 0 Å². The summed E-state index contributed by atoms with van der Waals surface area (Å²) in [6.07, 6.45) is 4.14. The first-order valence-corrected chi connectivity index (χ1v) is 12.5. The zero-order valence-electron chi connectivity index (χ0n) is 21.2. The number of hydrogen-bond acceptors (Lipinski definition) is 4. The van der Waals surface area contributed by atoms with Crippen molar-refractivity contribution in [3.05, 3.63) is 89.8 Å². The molecule has 0 saturated carbocycles. The number of amides is 1. The minimum absolute atomic E-state index is 0.0484. The van der Waals surface area contributed by atoms with Crippen LogP contribution in [-0.4, -0.2) is 28.6 Å². The van der Waals surface area contributed by atoms with Crippen molar-refractivity contribution in [1.82, 2.24) is 10.3 Å². The van der Waals surface area contributed by atoms with Gasteiger partial charge in [0, 0.05) is 42.8 Å². The van der Waals surface area contributed by atoms with Gasteiger partial charge in [-0.2, -0.15) is 0 Å². The number of rotatable bonds is 4. The van der Waals surface area contributed by atoms with Crippen molar-refractivity contribution >= 4 is 45.9 Å². The van der Waals surface area contributed by atoms with Crippen LogP contribution in [0.4, 0.5) is 17.1 Å². The zero-order chi connectivity index (χ0) is 25.6. The lowest BCUT2D eigenvalue weighted by molar-refractivity contribution is -0.114. The molecule has 0 radical (unpaired) electrons. The van der Waals surface area contributed by atoms with E-state index in [2.05, 4.69) is 77.5 Å². The Labute approximate surface area is 218 Å². The van der Waals surface area contributed by atoms with Crippen LogP contribution in [0.3, 0.4) is 0 Å². The van der Waals surface area contributed by atoms with E-state index in [1.807, 2.05) is 48.7 Å². The molecule has 6 nitrogen and oxygen atoms in total. The number of pyridine rings is 1. The summed E-state index contributed by atoms with van der Waals surface area (Å²) in [5.74, 6) is -0.0974. The minimum Gasteiger partial charge on any atom is -0.366 e. The van der Waals surface area contributed by atoms with Crippen LogP contribution < -0.4 is 20.4 Å². The molecule has 3 aromatic rings. The van der Waals surface area contributed by atoms with Crippen molar-refractivity contribution in [2.45, 2.75) is 45.3 Å². The fraction of sp³-hybridized carbons (Fsp3) is 0.276. The number of carbonyl (C=O) groups excluding carboxylic acids is 1. The number of anilines is 3. The Hall–Kier alpha value is -3.71. The molecule has 0 bridgehead atoms. The molecule has 1 aromatic heterocycles. The summed E-state index contributed by atoms with van der Waals surface area (Å²) in [4.78, 5) is 20.6. The summed E-state index contributed by atoms with van der Waals surface area (Å²) in [5, 5.41) is 7.01. The summed E-state index contributed by atoms with van der Waals surface area (Å²) in [5.41, 5.74) is 7.47. The van der Waals surface area contributed by atoms with Crippen LogP contribution in [0.2, 0.25) is 0 Å². The Balaban J connectivity index is 1.61. The highest BCUT2D eigenvalue weighted by atomic mass is 32.1. The first-order valence-electron chi connectivity index (χ1n) is 12.1. The molecule has 0 aliphatic carbocycles. The largest absolute Gasteiger partial charge is 0.366 e. The molecular formula is C29H31N5OS. The number of fused-ring (bicyclic) bond motifs is 1. The Bertz CT molecular complexity index is 1350. The molecule has 36 heavy (non-hydrogen) atoms. The number of likely N-dealkylation sites (N-methyl/N-ethyl adjacent to an activating group) is 1. The van der Waals surface area contributed by atoms with Crippen LogP contribution in [0.25, 0.3) is 5.57 Å². The first kappa shape index (κ1) is 24.0. The molecule has 1 saturated heterocycles. The van der Waals surface area contributed by atoms with E-state index in [0.717, 1.165) is 22.6 Å². The van der Waals surface area contributed by atoms with Gasteiger partial charge in [0.2, 0.25) is 5.91 Å². The lowest BCUT2D eigenvalue weighted by Crippen LogP contribution is -2.42. The molecule has 7 heteroatoms. The van der Waals surface area contributed by atoms with Crippen LogP contribution >= 0.6 is 12.2 Å². The second-order valence-corrected chi connectivity index (χ2v) is 10.4. The molecule has 2 unspecified atom stereocenters. The highest BCUT2D eigenvalue weighted by molar-refractivity contribution is 7.80. The molecule has 5 rings (SSSR count). The molecule has 2 aliphatic rings. The Morgan fingerprint density at radius 2 is 1.86 bits per heavy atom. The van der Waals surface area contributed by atoms with Gasteiger partial charge in [-0.3, -0.25) is 9.78 Å². The number of carbonyl (C=O) groups is 1. The van der Waals surface area contributed by atoms with E-state index in [1.54, 1.807) is 0 Å². The van der Waals surface area contributed by atoms with Crippen molar-refractivity contribution in [1.29, 1.82) is 0 Å². The molecule has 2 aliphatic heterocycles. The molecule has 1 fully saturated rings. The Morgan fingerprint density at radius 3 is 2.53 bits per heavy atom. The summed E-state index contributed by atoms with van der Waals surface area (Å²) >= 11 is 5.87. The quantitative estimate of drug-likeness (QED) is 0.441. The predicted octanol–water partition coefficient (Wildman–Crippen LogP) is 5.85. The highest BCUT2D eigenvalue weighted by Gasteiger charge is 2.41. The van der Waals surface area contributed by atoms with E-state index in [-0.39, 0.29) is 23.5 Å². The molecule has 2 aromatic carbocycles. The van der Waals surface area contributed by atoms with Gasteiger partial charge in [-0.1, -0.05) is 18.2 Å². The van der Waals surface area contributed by atoms with Crippen molar-refractivity contribution < 1.29 is 4.79 Å². The lowest BCUT2D eigenvalue weighted by Gasteiger charge is -2.41. The maximum absolute atomic E-state index is 11.5. The first-order chi connectivity index (χ1) is 17.2. The summed E-state index contributed by atoms with van der Waals surface area (Å²) in [7, 11) is 2.15. The van der Waals surface area contributed by atoms with Crippen LogP contribution in [-0.2, 0) is 4.79 Å². The minimum atomic E-state index is -0.117. The van der Waals surface area contributed by atoms with Gasteiger partial charge >= 0.3 is 0 Å². The average molecular weight is 498 g/mol. The SMILES string of the molecule is CC(=O)Nc1ccc(N2C(=S)NC(c3ccccn3)C2c2ccc3c(c2)C(C)=CC(C)(C)N3C)cc1. The van der Waals surface area contributed by atoms with E-state index >= 15 is 0 Å². The van der Waals surface area contributed by atoms with E-state index < -0.39 is 0 Å². The van der Waals surface area contributed by atoms with Gasteiger partial charge < -0.3 is 20.4 Å². The van der Waals surface area contributed by atoms with Crippen LogP contribution in [0.5, 0.6) is 0 Å². The van der Waals surface area contributed by atoms with E-state index in [9.17, 15) is 4.79 Å². The maximum atomic E-state index is 11.5. The lowest BCUT2D eigenvalue weighted by atomic mass is 9.86. The second-order valence-electron chi connectivity index (χ2n) is 10.0. The second kappa shape index (κ2) is 9.06. The number of aromatic nitrogens is 1. The summed E-state index contributed by atoms with van der Waals surface area (Å²) < 4.78 is 0.